The first kappa shape index (κ1) is 24.4. The fraction of sp³-hybridized carbons (Fsp3) is 0.350. The van der Waals surface area contributed by atoms with Crippen LogP contribution in [0.25, 0.3) is 0 Å². The molecule has 154 valence electrons. The van der Waals surface area contributed by atoms with Crippen molar-refractivity contribution in [2.24, 2.45) is 4.99 Å². The van der Waals surface area contributed by atoms with Gasteiger partial charge in [0.1, 0.15) is 0 Å². The molecule has 0 saturated heterocycles. The van der Waals surface area contributed by atoms with Crippen molar-refractivity contribution in [3.8, 4) is 0 Å². The lowest BCUT2D eigenvalue weighted by molar-refractivity contribution is 0.569. The molecular formula is C20H29IN4O2S. The highest BCUT2D eigenvalue weighted by Crippen LogP contribution is 2.08. The summed E-state index contributed by atoms with van der Waals surface area (Å²) in [5, 5.41) is 6.53. The van der Waals surface area contributed by atoms with Crippen LogP contribution in [0.2, 0.25) is 0 Å². The maximum atomic E-state index is 12.0. The molecule has 8 heteroatoms. The van der Waals surface area contributed by atoms with Crippen LogP contribution in [0.4, 0.5) is 0 Å². The monoisotopic (exact) mass is 516 g/mol. The second-order valence-electron chi connectivity index (χ2n) is 6.61. The molecule has 0 radical (unpaired) electrons. The van der Waals surface area contributed by atoms with E-state index < -0.39 is 10.0 Å². The Morgan fingerprint density at radius 3 is 1.89 bits per heavy atom. The number of benzene rings is 2. The lowest BCUT2D eigenvalue weighted by atomic mass is 10.1. The molecule has 0 aliphatic carbocycles. The van der Waals surface area contributed by atoms with Crippen molar-refractivity contribution in [1.82, 2.24) is 15.4 Å². The summed E-state index contributed by atoms with van der Waals surface area (Å²) >= 11 is 0. The quantitative estimate of drug-likeness (QED) is 0.286. The third kappa shape index (κ3) is 9.03. The van der Waals surface area contributed by atoms with Gasteiger partial charge in [-0.25, -0.2) is 13.1 Å². The first-order valence-corrected chi connectivity index (χ1v) is 10.6. The molecule has 6 nitrogen and oxygen atoms in total. The van der Waals surface area contributed by atoms with E-state index in [9.17, 15) is 8.42 Å². The molecule has 0 fully saturated rings. The van der Waals surface area contributed by atoms with Crippen molar-refractivity contribution in [2.45, 2.75) is 38.7 Å². The number of nitrogens with zero attached hydrogens (tertiary/aromatic N) is 1. The number of hydrogen-bond acceptors (Lipinski definition) is 3. The highest BCUT2D eigenvalue weighted by molar-refractivity contribution is 14.0. The number of guanidine groups is 1. The van der Waals surface area contributed by atoms with Crippen molar-refractivity contribution in [1.29, 1.82) is 0 Å². The van der Waals surface area contributed by atoms with Gasteiger partial charge in [0.15, 0.2) is 5.96 Å². The van der Waals surface area contributed by atoms with Crippen molar-refractivity contribution in [2.75, 3.05) is 7.05 Å². The van der Waals surface area contributed by atoms with Gasteiger partial charge in [0.2, 0.25) is 10.0 Å². The van der Waals surface area contributed by atoms with Crippen LogP contribution in [0.5, 0.6) is 0 Å². The van der Waals surface area contributed by atoms with Crippen LogP contribution < -0.4 is 15.4 Å². The molecule has 2 rings (SSSR count). The average molecular weight is 516 g/mol. The van der Waals surface area contributed by atoms with Gasteiger partial charge in [-0.15, -0.1) is 24.0 Å². The van der Waals surface area contributed by atoms with E-state index in [0.29, 0.717) is 19.0 Å². The number of aliphatic imine (C=N–C) groups is 1. The Kier molecular flexibility index (Phi) is 10.5. The third-order valence-electron chi connectivity index (χ3n) is 3.78. The molecule has 0 amide bonds. The zero-order valence-electron chi connectivity index (χ0n) is 16.5. The summed E-state index contributed by atoms with van der Waals surface area (Å²) < 4.78 is 26.6. The molecule has 2 aromatic rings. The van der Waals surface area contributed by atoms with Gasteiger partial charge in [0.05, 0.1) is 5.75 Å². The first-order valence-electron chi connectivity index (χ1n) is 8.94. The molecule has 2 aromatic carbocycles. The van der Waals surface area contributed by atoms with Crippen LogP contribution in [0.3, 0.4) is 0 Å². The molecule has 0 aliphatic heterocycles. The zero-order chi connectivity index (χ0) is 19.7. The van der Waals surface area contributed by atoms with Crippen LogP contribution in [0, 0.1) is 0 Å². The molecule has 0 unspecified atom stereocenters. The molecule has 0 aliphatic rings. The summed E-state index contributed by atoms with van der Waals surface area (Å²) in [7, 11) is -1.57. The summed E-state index contributed by atoms with van der Waals surface area (Å²) in [6, 6.07) is 17.6. The van der Waals surface area contributed by atoms with Crippen LogP contribution in [0.15, 0.2) is 59.6 Å². The number of hydrogen-bond donors (Lipinski definition) is 3. The van der Waals surface area contributed by atoms with Gasteiger partial charge in [-0.3, -0.25) is 4.99 Å². The molecule has 28 heavy (non-hydrogen) atoms. The van der Waals surface area contributed by atoms with Crippen LogP contribution in [-0.4, -0.2) is 27.5 Å². The van der Waals surface area contributed by atoms with E-state index >= 15 is 0 Å². The predicted molar refractivity (Wildman–Crippen MR) is 126 cm³/mol. The Morgan fingerprint density at radius 1 is 0.893 bits per heavy atom. The van der Waals surface area contributed by atoms with Crippen molar-refractivity contribution < 1.29 is 8.42 Å². The fourth-order valence-corrected chi connectivity index (χ4v) is 3.99. The van der Waals surface area contributed by atoms with Crippen molar-refractivity contribution in [3.05, 3.63) is 71.3 Å². The van der Waals surface area contributed by atoms with Gasteiger partial charge < -0.3 is 10.6 Å². The molecule has 0 atom stereocenters. The Bertz CT molecular complexity index is 838. The van der Waals surface area contributed by atoms with E-state index in [0.717, 1.165) is 11.1 Å². The zero-order valence-corrected chi connectivity index (χ0v) is 19.6. The minimum atomic E-state index is -3.30. The van der Waals surface area contributed by atoms with E-state index in [1.165, 1.54) is 5.56 Å². The smallest absolute Gasteiger partial charge is 0.216 e. The van der Waals surface area contributed by atoms with E-state index in [1.54, 1.807) is 7.05 Å². The fourth-order valence-electron chi connectivity index (χ4n) is 2.56. The first-order chi connectivity index (χ1) is 12.9. The molecule has 0 bridgehead atoms. The second kappa shape index (κ2) is 12.0. The van der Waals surface area contributed by atoms with Crippen LogP contribution in [0.1, 0.15) is 30.5 Å². The predicted octanol–water partition coefficient (Wildman–Crippen LogP) is 3.00. The third-order valence-corrected chi connectivity index (χ3v) is 5.33. The van der Waals surface area contributed by atoms with Gasteiger partial charge in [0.25, 0.3) is 0 Å². The van der Waals surface area contributed by atoms with Gasteiger partial charge in [0, 0.05) is 26.2 Å². The highest BCUT2D eigenvalue weighted by atomic mass is 127. The number of nitrogens with one attached hydrogen (secondary N) is 3. The highest BCUT2D eigenvalue weighted by Gasteiger charge is 2.12. The summed E-state index contributed by atoms with van der Waals surface area (Å²) in [6.45, 7) is 4.92. The van der Waals surface area contributed by atoms with Gasteiger partial charge in [-0.1, -0.05) is 54.6 Å². The van der Waals surface area contributed by atoms with Crippen LogP contribution in [-0.2, 0) is 28.9 Å². The summed E-state index contributed by atoms with van der Waals surface area (Å²) in [5.74, 6) is 0.700. The Labute approximate surface area is 185 Å². The Balaban J connectivity index is 0.00000392. The number of sulfonamides is 1. The molecule has 0 aromatic heterocycles. The van der Waals surface area contributed by atoms with Crippen LogP contribution >= 0.6 is 24.0 Å². The van der Waals surface area contributed by atoms with E-state index in [-0.39, 0.29) is 35.8 Å². The number of rotatable bonds is 8. The molecule has 0 spiro atoms. The largest absolute Gasteiger partial charge is 0.352 e. The number of halogens is 1. The van der Waals surface area contributed by atoms with E-state index in [4.69, 9.17) is 0 Å². The summed E-state index contributed by atoms with van der Waals surface area (Å²) in [6.07, 6.45) is 0. The van der Waals surface area contributed by atoms with Crippen molar-refractivity contribution in [3.63, 3.8) is 0 Å². The minimum Gasteiger partial charge on any atom is -0.352 e. The normalized spacial score (nSPS) is 11.8. The van der Waals surface area contributed by atoms with Gasteiger partial charge in [-0.2, -0.15) is 0 Å². The van der Waals surface area contributed by atoms with E-state index in [2.05, 4.69) is 32.5 Å². The Morgan fingerprint density at radius 2 is 1.39 bits per heavy atom. The summed E-state index contributed by atoms with van der Waals surface area (Å²) in [5.41, 5.74) is 3.00. The lowest BCUT2D eigenvalue weighted by Gasteiger charge is -2.13. The molecule has 0 heterocycles. The van der Waals surface area contributed by atoms with Gasteiger partial charge >= 0.3 is 0 Å². The maximum absolute atomic E-state index is 12.0. The lowest BCUT2D eigenvalue weighted by Crippen LogP contribution is -2.36. The molecular weight excluding hydrogens is 487 g/mol. The minimum absolute atomic E-state index is 0. The van der Waals surface area contributed by atoms with E-state index in [1.807, 2.05) is 56.3 Å². The topological polar surface area (TPSA) is 82.6 Å². The Hall–Kier alpha value is -1.65. The molecule has 0 saturated carbocycles. The van der Waals surface area contributed by atoms with Gasteiger partial charge in [-0.05, 0) is 30.5 Å². The van der Waals surface area contributed by atoms with Crippen molar-refractivity contribution >= 4 is 40.0 Å². The maximum Gasteiger partial charge on any atom is 0.216 e. The summed E-state index contributed by atoms with van der Waals surface area (Å²) in [4.78, 5) is 4.22. The SMILES string of the molecule is CN=C(NCc1ccccc1)NCc1ccc(CS(=O)(=O)NC(C)C)cc1.I. The molecule has 3 N–H and O–H groups in total. The average Bonchev–Trinajstić information content (AvgIpc) is 2.62. The standard InChI is InChI=1S/C20H28N4O2S.HI/c1-16(2)24-27(25,26)15-19-11-9-18(10-12-19)14-23-20(21-3)22-13-17-7-5-4-6-8-17;/h4-12,16,24H,13-15H2,1-3H3,(H2,21,22,23);1H. The second-order valence-corrected chi connectivity index (χ2v) is 8.37.